The molecule has 0 radical (unpaired) electrons. The van der Waals surface area contributed by atoms with E-state index in [1.165, 1.54) is 0 Å². The number of benzene rings is 2. The van der Waals surface area contributed by atoms with Crippen LogP contribution in [0.4, 0.5) is 0 Å². The highest BCUT2D eigenvalue weighted by Crippen LogP contribution is 2.22. The molecule has 2 aromatic carbocycles. The number of carbonyl (C=O) groups excluding carboxylic acids is 1. The molecule has 140 valence electrons. The normalized spacial score (nSPS) is 19.9. The van der Waals surface area contributed by atoms with E-state index in [-0.39, 0.29) is 11.9 Å². The van der Waals surface area contributed by atoms with Gasteiger partial charge in [0.2, 0.25) is 5.91 Å². The van der Waals surface area contributed by atoms with Gasteiger partial charge in [-0.25, -0.2) is 4.98 Å². The van der Waals surface area contributed by atoms with Crippen molar-refractivity contribution in [1.29, 1.82) is 0 Å². The highest BCUT2D eigenvalue weighted by atomic mass is 16.1. The molecule has 27 heavy (non-hydrogen) atoms. The molecule has 2 heterocycles. The topological polar surface area (TPSA) is 58.9 Å². The van der Waals surface area contributed by atoms with E-state index in [9.17, 15) is 4.79 Å². The molecular weight excluding hydrogens is 336 g/mol. The zero-order valence-electron chi connectivity index (χ0n) is 15.7. The molecule has 2 N–H and O–H groups in total. The van der Waals surface area contributed by atoms with Crippen molar-refractivity contribution in [3.63, 3.8) is 0 Å². The molecule has 0 saturated carbocycles. The van der Waals surface area contributed by atoms with Crippen LogP contribution in [-0.4, -0.2) is 34.6 Å². The van der Waals surface area contributed by atoms with E-state index in [0.717, 1.165) is 42.1 Å². The van der Waals surface area contributed by atoms with Gasteiger partial charge in [-0.3, -0.25) is 9.36 Å². The summed E-state index contributed by atoms with van der Waals surface area (Å²) in [5.74, 6) is 1.54. The number of fused-ring (bicyclic) bond motifs is 1. The first-order valence-electron chi connectivity index (χ1n) is 9.74. The SMILES string of the molecule is CC1CCNCC1NC(=O)CCc1nc2ccccc2n1-c1ccccc1. The van der Waals surface area contributed by atoms with Crippen LogP contribution in [0.5, 0.6) is 0 Å². The van der Waals surface area contributed by atoms with Crippen molar-refractivity contribution in [1.82, 2.24) is 20.2 Å². The predicted molar refractivity (Wildman–Crippen MR) is 108 cm³/mol. The first kappa shape index (κ1) is 17.7. The third-order valence-corrected chi connectivity index (χ3v) is 5.39. The Morgan fingerprint density at radius 2 is 1.96 bits per heavy atom. The molecule has 2 unspecified atom stereocenters. The Hall–Kier alpha value is -2.66. The predicted octanol–water partition coefficient (Wildman–Crippen LogP) is 3.07. The van der Waals surface area contributed by atoms with Gasteiger partial charge in [-0.1, -0.05) is 37.3 Å². The van der Waals surface area contributed by atoms with E-state index in [1.807, 2.05) is 36.4 Å². The van der Waals surface area contributed by atoms with Gasteiger partial charge in [0.05, 0.1) is 11.0 Å². The van der Waals surface area contributed by atoms with Crippen molar-refractivity contribution in [2.75, 3.05) is 13.1 Å². The van der Waals surface area contributed by atoms with E-state index >= 15 is 0 Å². The fourth-order valence-electron chi connectivity index (χ4n) is 3.80. The summed E-state index contributed by atoms with van der Waals surface area (Å²) >= 11 is 0. The average molecular weight is 362 g/mol. The summed E-state index contributed by atoms with van der Waals surface area (Å²) in [6.45, 7) is 4.10. The van der Waals surface area contributed by atoms with Gasteiger partial charge in [-0.05, 0) is 43.1 Å². The summed E-state index contributed by atoms with van der Waals surface area (Å²) in [5, 5.41) is 6.55. The molecule has 5 heteroatoms. The Balaban J connectivity index is 1.53. The van der Waals surface area contributed by atoms with Crippen LogP contribution in [0.3, 0.4) is 0 Å². The van der Waals surface area contributed by atoms with E-state index in [2.05, 4.69) is 40.3 Å². The van der Waals surface area contributed by atoms with Crippen molar-refractivity contribution in [2.45, 2.75) is 32.2 Å². The number of hydrogen-bond donors (Lipinski definition) is 2. The molecule has 4 rings (SSSR count). The largest absolute Gasteiger partial charge is 0.352 e. The summed E-state index contributed by atoms with van der Waals surface area (Å²) in [7, 11) is 0. The standard InChI is InChI=1S/C22H26N4O/c1-16-13-14-23-15-19(16)25-22(27)12-11-21-24-18-9-5-6-10-20(18)26(21)17-7-3-2-4-8-17/h2-10,16,19,23H,11-15H2,1H3,(H,25,27). The molecule has 1 fully saturated rings. The van der Waals surface area contributed by atoms with Crippen molar-refractivity contribution in [3.05, 3.63) is 60.4 Å². The van der Waals surface area contributed by atoms with Crippen molar-refractivity contribution >= 4 is 16.9 Å². The first-order chi connectivity index (χ1) is 13.2. The maximum absolute atomic E-state index is 12.5. The summed E-state index contributed by atoms with van der Waals surface area (Å²) in [6.07, 6.45) is 2.16. The van der Waals surface area contributed by atoms with Gasteiger partial charge in [-0.2, -0.15) is 0 Å². The summed E-state index contributed by atoms with van der Waals surface area (Å²) in [6, 6.07) is 18.6. The second-order valence-electron chi connectivity index (χ2n) is 7.33. The molecule has 1 amide bonds. The lowest BCUT2D eigenvalue weighted by Crippen LogP contribution is -2.50. The Kier molecular flexibility index (Phi) is 5.21. The highest BCUT2D eigenvalue weighted by molar-refractivity contribution is 5.79. The zero-order chi connectivity index (χ0) is 18.6. The van der Waals surface area contributed by atoms with Gasteiger partial charge in [0, 0.05) is 31.1 Å². The Morgan fingerprint density at radius 3 is 2.78 bits per heavy atom. The van der Waals surface area contributed by atoms with Crippen molar-refractivity contribution in [3.8, 4) is 5.69 Å². The van der Waals surface area contributed by atoms with Gasteiger partial charge in [0.15, 0.2) is 0 Å². The molecule has 1 aliphatic rings. The molecule has 5 nitrogen and oxygen atoms in total. The quantitative estimate of drug-likeness (QED) is 0.733. The molecule has 2 atom stereocenters. The number of amides is 1. The number of imidazole rings is 1. The maximum atomic E-state index is 12.5. The number of nitrogens with one attached hydrogen (secondary N) is 2. The number of piperidine rings is 1. The molecule has 1 aromatic heterocycles. The molecule has 3 aromatic rings. The first-order valence-corrected chi connectivity index (χ1v) is 9.74. The minimum atomic E-state index is 0.0993. The monoisotopic (exact) mass is 362 g/mol. The third kappa shape index (κ3) is 3.88. The van der Waals surface area contributed by atoms with E-state index in [4.69, 9.17) is 4.98 Å². The van der Waals surface area contributed by atoms with Crippen LogP contribution in [0, 0.1) is 5.92 Å². The van der Waals surface area contributed by atoms with Crippen LogP contribution >= 0.6 is 0 Å². The molecule has 0 spiro atoms. The molecular formula is C22H26N4O. The lowest BCUT2D eigenvalue weighted by molar-refractivity contribution is -0.122. The number of aromatic nitrogens is 2. The molecule has 1 aliphatic heterocycles. The van der Waals surface area contributed by atoms with Gasteiger partial charge in [0.1, 0.15) is 5.82 Å². The van der Waals surface area contributed by atoms with Crippen LogP contribution in [0.25, 0.3) is 16.7 Å². The number of rotatable bonds is 5. The minimum Gasteiger partial charge on any atom is -0.352 e. The lowest BCUT2D eigenvalue weighted by atomic mass is 9.94. The number of carbonyl (C=O) groups is 1. The zero-order valence-corrected chi connectivity index (χ0v) is 15.7. The van der Waals surface area contributed by atoms with E-state index < -0.39 is 0 Å². The van der Waals surface area contributed by atoms with E-state index in [0.29, 0.717) is 18.8 Å². The lowest BCUT2D eigenvalue weighted by Gasteiger charge is -2.30. The number of aryl methyl sites for hydroxylation is 1. The van der Waals surface area contributed by atoms with Crippen molar-refractivity contribution in [2.24, 2.45) is 5.92 Å². The summed E-state index contributed by atoms with van der Waals surface area (Å²) in [4.78, 5) is 17.3. The Bertz CT molecular complexity index is 918. The van der Waals surface area contributed by atoms with Crippen molar-refractivity contribution < 1.29 is 4.79 Å². The van der Waals surface area contributed by atoms with Gasteiger partial charge < -0.3 is 10.6 Å². The second-order valence-corrected chi connectivity index (χ2v) is 7.33. The molecule has 1 saturated heterocycles. The Labute approximate surface area is 159 Å². The molecule has 0 aliphatic carbocycles. The van der Waals surface area contributed by atoms with E-state index in [1.54, 1.807) is 0 Å². The van der Waals surface area contributed by atoms with Crippen LogP contribution in [0.15, 0.2) is 54.6 Å². The number of hydrogen-bond acceptors (Lipinski definition) is 3. The minimum absolute atomic E-state index is 0.0993. The van der Waals surface area contributed by atoms with Gasteiger partial charge in [0.25, 0.3) is 0 Å². The van der Waals surface area contributed by atoms with Crippen LogP contribution in [0.2, 0.25) is 0 Å². The Morgan fingerprint density at radius 1 is 1.19 bits per heavy atom. The molecule has 0 bridgehead atoms. The van der Waals surface area contributed by atoms with Gasteiger partial charge in [-0.15, -0.1) is 0 Å². The number of para-hydroxylation sites is 3. The average Bonchev–Trinajstić information content (AvgIpc) is 3.07. The summed E-state index contributed by atoms with van der Waals surface area (Å²) in [5.41, 5.74) is 3.11. The highest BCUT2D eigenvalue weighted by Gasteiger charge is 2.22. The van der Waals surface area contributed by atoms with Crippen LogP contribution < -0.4 is 10.6 Å². The van der Waals surface area contributed by atoms with Crippen LogP contribution in [-0.2, 0) is 11.2 Å². The maximum Gasteiger partial charge on any atom is 0.220 e. The smallest absolute Gasteiger partial charge is 0.220 e. The number of nitrogens with zero attached hydrogens (tertiary/aromatic N) is 2. The fraction of sp³-hybridized carbons (Fsp3) is 0.364. The van der Waals surface area contributed by atoms with Crippen LogP contribution in [0.1, 0.15) is 25.6 Å². The van der Waals surface area contributed by atoms with Gasteiger partial charge >= 0.3 is 0 Å². The second kappa shape index (κ2) is 7.92. The fourth-order valence-corrected chi connectivity index (χ4v) is 3.80. The summed E-state index contributed by atoms with van der Waals surface area (Å²) < 4.78 is 2.16. The third-order valence-electron chi connectivity index (χ3n) is 5.39.